The number of halogens is 2. The number of benzene rings is 1. The van der Waals surface area contributed by atoms with E-state index >= 15 is 0 Å². The molecule has 0 saturated heterocycles. The number of fused-ring (bicyclic) bond motifs is 1. The van der Waals surface area contributed by atoms with Gasteiger partial charge in [0.1, 0.15) is 5.75 Å². The SMILES string of the molecule is Cn1cc(NC2CCOc3c(Cl)cc(Cl)cc32)cn1. The molecule has 2 heterocycles. The molecule has 0 aliphatic carbocycles. The van der Waals surface area contributed by atoms with Crippen LogP contribution in [0.15, 0.2) is 24.5 Å². The molecular formula is C13H13Cl2N3O. The van der Waals surface area contributed by atoms with Crippen LogP contribution in [-0.2, 0) is 7.05 Å². The van der Waals surface area contributed by atoms with Gasteiger partial charge in [0.25, 0.3) is 0 Å². The number of aryl methyl sites for hydroxylation is 1. The molecule has 0 amide bonds. The normalized spacial score (nSPS) is 17.7. The van der Waals surface area contributed by atoms with E-state index in [0.717, 1.165) is 23.4 Å². The third-order valence-corrected chi connectivity index (χ3v) is 3.61. The average molecular weight is 298 g/mol. The van der Waals surface area contributed by atoms with Crippen molar-refractivity contribution in [3.63, 3.8) is 0 Å². The summed E-state index contributed by atoms with van der Waals surface area (Å²) in [5.74, 6) is 0.721. The lowest BCUT2D eigenvalue weighted by Gasteiger charge is -2.27. The molecule has 2 aromatic rings. The van der Waals surface area contributed by atoms with Crippen molar-refractivity contribution >= 4 is 28.9 Å². The molecule has 1 aliphatic heterocycles. The van der Waals surface area contributed by atoms with Crippen molar-refractivity contribution in [2.24, 2.45) is 7.05 Å². The molecule has 0 radical (unpaired) electrons. The summed E-state index contributed by atoms with van der Waals surface area (Å²) in [7, 11) is 1.89. The average Bonchev–Trinajstić information content (AvgIpc) is 2.76. The van der Waals surface area contributed by atoms with Gasteiger partial charge in [-0.1, -0.05) is 23.2 Å². The molecule has 1 aromatic carbocycles. The number of nitrogens with one attached hydrogen (secondary N) is 1. The number of hydrogen-bond acceptors (Lipinski definition) is 3. The molecule has 4 nitrogen and oxygen atoms in total. The summed E-state index contributed by atoms with van der Waals surface area (Å²) in [6.07, 6.45) is 4.58. The van der Waals surface area contributed by atoms with Crippen LogP contribution in [-0.4, -0.2) is 16.4 Å². The van der Waals surface area contributed by atoms with Crippen LogP contribution in [0.2, 0.25) is 10.0 Å². The van der Waals surface area contributed by atoms with Crippen LogP contribution in [0, 0.1) is 0 Å². The zero-order chi connectivity index (χ0) is 13.4. The van der Waals surface area contributed by atoms with Gasteiger partial charge >= 0.3 is 0 Å². The van der Waals surface area contributed by atoms with Crippen molar-refractivity contribution < 1.29 is 4.74 Å². The van der Waals surface area contributed by atoms with Crippen LogP contribution in [0.3, 0.4) is 0 Å². The lowest BCUT2D eigenvalue weighted by atomic mass is 10.0. The van der Waals surface area contributed by atoms with E-state index in [1.54, 1.807) is 16.9 Å². The zero-order valence-electron chi connectivity index (χ0n) is 10.4. The molecule has 1 N–H and O–H groups in total. The number of aromatic nitrogens is 2. The van der Waals surface area contributed by atoms with Gasteiger partial charge < -0.3 is 10.1 Å². The minimum Gasteiger partial charge on any atom is -0.492 e. The van der Waals surface area contributed by atoms with E-state index in [1.165, 1.54) is 0 Å². The minimum absolute atomic E-state index is 0.129. The first-order valence-corrected chi connectivity index (χ1v) is 6.76. The Labute approximate surface area is 121 Å². The van der Waals surface area contributed by atoms with Crippen LogP contribution in [0.25, 0.3) is 0 Å². The van der Waals surface area contributed by atoms with Crippen LogP contribution >= 0.6 is 23.2 Å². The van der Waals surface area contributed by atoms with E-state index in [-0.39, 0.29) is 6.04 Å². The molecular weight excluding hydrogens is 285 g/mol. The van der Waals surface area contributed by atoms with Crippen molar-refractivity contribution in [3.8, 4) is 5.75 Å². The van der Waals surface area contributed by atoms with Crippen LogP contribution in [0.1, 0.15) is 18.0 Å². The summed E-state index contributed by atoms with van der Waals surface area (Å²) in [6, 6.07) is 3.73. The Morgan fingerprint density at radius 2 is 2.26 bits per heavy atom. The highest BCUT2D eigenvalue weighted by Gasteiger charge is 2.24. The van der Waals surface area contributed by atoms with Crippen molar-refractivity contribution in [3.05, 3.63) is 40.1 Å². The molecule has 1 unspecified atom stereocenters. The van der Waals surface area contributed by atoms with Crippen molar-refractivity contribution in [2.75, 3.05) is 11.9 Å². The predicted molar refractivity (Wildman–Crippen MR) is 76.1 cm³/mol. The highest BCUT2D eigenvalue weighted by Crippen LogP contribution is 2.41. The maximum absolute atomic E-state index is 6.17. The van der Waals surface area contributed by atoms with Gasteiger partial charge in [0.05, 0.1) is 29.6 Å². The quantitative estimate of drug-likeness (QED) is 0.919. The maximum atomic E-state index is 6.17. The molecule has 6 heteroatoms. The minimum atomic E-state index is 0.129. The van der Waals surface area contributed by atoms with Crippen LogP contribution in [0.5, 0.6) is 5.75 Å². The zero-order valence-corrected chi connectivity index (χ0v) is 11.9. The molecule has 0 saturated carbocycles. The first-order valence-electron chi connectivity index (χ1n) is 6.00. The fraction of sp³-hybridized carbons (Fsp3) is 0.308. The first kappa shape index (κ1) is 12.6. The molecule has 3 rings (SSSR count). The molecule has 19 heavy (non-hydrogen) atoms. The third kappa shape index (κ3) is 2.51. The standard InChI is InChI=1S/C13H13Cl2N3O/c1-18-7-9(6-16-18)17-12-2-3-19-13-10(12)4-8(14)5-11(13)15/h4-7,12,17H,2-3H2,1H3. The second kappa shape index (κ2) is 4.94. The first-order chi connectivity index (χ1) is 9.13. The van der Waals surface area contributed by atoms with Gasteiger partial charge in [-0.05, 0) is 12.1 Å². The number of anilines is 1. The van der Waals surface area contributed by atoms with E-state index in [0.29, 0.717) is 16.7 Å². The van der Waals surface area contributed by atoms with E-state index in [4.69, 9.17) is 27.9 Å². The Hall–Kier alpha value is -1.39. The smallest absolute Gasteiger partial charge is 0.143 e. The van der Waals surface area contributed by atoms with Gasteiger partial charge in [0, 0.05) is 30.3 Å². The van der Waals surface area contributed by atoms with Crippen molar-refractivity contribution in [1.29, 1.82) is 0 Å². The molecule has 0 fully saturated rings. The predicted octanol–water partition coefficient (Wildman–Crippen LogP) is 3.66. The second-order valence-corrected chi connectivity index (χ2v) is 5.39. The lowest BCUT2D eigenvalue weighted by molar-refractivity contribution is 0.274. The highest BCUT2D eigenvalue weighted by molar-refractivity contribution is 6.35. The number of hydrogen-bond donors (Lipinski definition) is 1. The Kier molecular flexibility index (Phi) is 3.29. The summed E-state index contributed by atoms with van der Waals surface area (Å²) in [4.78, 5) is 0. The van der Waals surface area contributed by atoms with Crippen LogP contribution in [0.4, 0.5) is 5.69 Å². The monoisotopic (exact) mass is 297 g/mol. The third-order valence-electron chi connectivity index (χ3n) is 3.11. The number of ether oxygens (including phenoxy) is 1. The summed E-state index contributed by atoms with van der Waals surface area (Å²) < 4.78 is 7.39. The van der Waals surface area contributed by atoms with Crippen LogP contribution < -0.4 is 10.1 Å². The molecule has 1 aromatic heterocycles. The summed E-state index contributed by atoms with van der Waals surface area (Å²) >= 11 is 12.2. The Morgan fingerprint density at radius 3 is 3.00 bits per heavy atom. The number of nitrogens with zero attached hydrogens (tertiary/aromatic N) is 2. The molecule has 0 spiro atoms. The lowest BCUT2D eigenvalue weighted by Crippen LogP contribution is -2.20. The van der Waals surface area contributed by atoms with Crippen molar-refractivity contribution in [2.45, 2.75) is 12.5 Å². The van der Waals surface area contributed by atoms with Gasteiger partial charge in [-0.15, -0.1) is 0 Å². The fourth-order valence-electron chi connectivity index (χ4n) is 2.27. The van der Waals surface area contributed by atoms with E-state index < -0.39 is 0 Å². The Balaban J connectivity index is 1.93. The Morgan fingerprint density at radius 1 is 1.42 bits per heavy atom. The molecule has 1 atom stereocenters. The van der Waals surface area contributed by atoms with Crippen molar-refractivity contribution in [1.82, 2.24) is 9.78 Å². The van der Waals surface area contributed by atoms with Gasteiger partial charge in [-0.2, -0.15) is 5.10 Å². The largest absolute Gasteiger partial charge is 0.492 e. The van der Waals surface area contributed by atoms with Gasteiger partial charge in [0.2, 0.25) is 0 Å². The molecule has 0 bridgehead atoms. The summed E-state index contributed by atoms with van der Waals surface area (Å²) in [5.41, 5.74) is 1.96. The maximum Gasteiger partial charge on any atom is 0.143 e. The van der Waals surface area contributed by atoms with E-state index in [1.807, 2.05) is 19.3 Å². The highest BCUT2D eigenvalue weighted by atomic mass is 35.5. The van der Waals surface area contributed by atoms with E-state index in [2.05, 4.69) is 10.4 Å². The van der Waals surface area contributed by atoms with Gasteiger partial charge in [-0.3, -0.25) is 4.68 Å². The topological polar surface area (TPSA) is 39.1 Å². The number of rotatable bonds is 2. The summed E-state index contributed by atoms with van der Waals surface area (Å²) in [6.45, 7) is 0.631. The van der Waals surface area contributed by atoms with E-state index in [9.17, 15) is 0 Å². The second-order valence-electron chi connectivity index (χ2n) is 4.54. The Bertz CT molecular complexity index is 612. The fourth-order valence-corrected chi connectivity index (χ4v) is 2.84. The van der Waals surface area contributed by atoms with Gasteiger partial charge in [0.15, 0.2) is 0 Å². The molecule has 100 valence electrons. The van der Waals surface area contributed by atoms with Gasteiger partial charge in [-0.25, -0.2) is 0 Å². The molecule has 1 aliphatic rings. The summed E-state index contributed by atoms with van der Waals surface area (Å²) in [5, 5.41) is 8.75.